The Morgan fingerprint density at radius 1 is 1.12 bits per heavy atom. The SMILES string of the molecule is COc1cc(C(=O)N(C)C2CC3CCC(C2)N3)cc(OC)c1C.Cl. The maximum atomic E-state index is 12.9. The lowest BCUT2D eigenvalue weighted by atomic mass is 9.97. The topological polar surface area (TPSA) is 50.8 Å². The third-order valence-electron chi connectivity index (χ3n) is 5.32. The number of carbonyl (C=O) groups is 1. The molecule has 5 nitrogen and oxygen atoms in total. The molecule has 0 aromatic heterocycles. The summed E-state index contributed by atoms with van der Waals surface area (Å²) in [4.78, 5) is 14.8. The predicted octanol–water partition coefficient (Wildman–Crippen LogP) is 2.79. The molecular formula is C18H27ClN2O3. The van der Waals surface area contributed by atoms with Crippen molar-refractivity contribution in [3.8, 4) is 11.5 Å². The van der Waals surface area contributed by atoms with Crippen LogP contribution in [0.1, 0.15) is 41.6 Å². The standard InChI is InChI=1S/C18H26N2O3.ClH/c1-11-16(22-3)7-12(8-17(11)23-4)18(21)20(2)15-9-13-5-6-14(10-15)19-13;/h7-8,13-15,19H,5-6,9-10H2,1-4H3;1H. The molecule has 24 heavy (non-hydrogen) atoms. The van der Waals surface area contributed by atoms with E-state index >= 15 is 0 Å². The predicted molar refractivity (Wildman–Crippen MR) is 96.6 cm³/mol. The fourth-order valence-corrected chi connectivity index (χ4v) is 3.92. The second-order valence-electron chi connectivity index (χ2n) is 6.68. The van der Waals surface area contributed by atoms with Gasteiger partial charge in [0.15, 0.2) is 0 Å². The molecule has 1 aromatic carbocycles. The Morgan fingerprint density at radius 3 is 2.08 bits per heavy atom. The molecule has 2 heterocycles. The Balaban J connectivity index is 0.00000208. The molecule has 0 radical (unpaired) electrons. The van der Waals surface area contributed by atoms with E-state index in [1.807, 2.05) is 31.0 Å². The minimum atomic E-state index is 0. The zero-order valence-corrected chi connectivity index (χ0v) is 15.6. The van der Waals surface area contributed by atoms with Crippen LogP contribution in [0.5, 0.6) is 11.5 Å². The van der Waals surface area contributed by atoms with Gasteiger partial charge in [-0.25, -0.2) is 0 Å². The zero-order chi connectivity index (χ0) is 16.6. The van der Waals surface area contributed by atoms with Crippen molar-refractivity contribution in [1.29, 1.82) is 0 Å². The maximum absolute atomic E-state index is 12.9. The Morgan fingerprint density at radius 2 is 1.62 bits per heavy atom. The summed E-state index contributed by atoms with van der Waals surface area (Å²) < 4.78 is 10.8. The molecule has 0 saturated carbocycles. The van der Waals surface area contributed by atoms with Crippen LogP contribution in [0.4, 0.5) is 0 Å². The van der Waals surface area contributed by atoms with Gasteiger partial charge in [-0.15, -0.1) is 12.4 Å². The lowest BCUT2D eigenvalue weighted by Crippen LogP contribution is -2.48. The van der Waals surface area contributed by atoms with Gasteiger partial charge in [0.05, 0.1) is 14.2 Å². The molecule has 2 atom stereocenters. The zero-order valence-electron chi connectivity index (χ0n) is 14.8. The van der Waals surface area contributed by atoms with Gasteiger partial charge in [0.25, 0.3) is 5.91 Å². The van der Waals surface area contributed by atoms with Crippen molar-refractivity contribution in [2.45, 2.75) is 50.7 Å². The molecule has 2 unspecified atom stereocenters. The lowest BCUT2D eigenvalue weighted by molar-refractivity contribution is 0.0681. The number of nitrogens with zero attached hydrogens (tertiary/aromatic N) is 1. The number of piperidine rings is 1. The number of benzene rings is 1. The molecule has 0 aliphatic carbocycles. The summed E-state index contributed by atoms with van der Waals surface area (Å²) in [5.74, 6) is 1.41. The van der Waals surface area contributed by atoms with Crippen LogP contribution in [0.2, 0.25) is 0 Å². The van der Waals surface area contributed by atoms with E-state index in [0.29, 0.717) is 35.2 Å². The first-order valence-electron chi connectivity index (χ1n) is 8.29. The van der Waals surface area contributed by atoms with Crippen LogP contribution in [-0.4, -0.2) is 50.2 Å². The van der Waals surface area contributed by atoms with Crippen molar-refractivity contribution in [3.63, 3.8) is 0 Å². The van der Waals surface area contributed by atoms with Gasteiger partial charge in [-0.3, -0.25) is 4.79 Å². The van der Waals surface area contributed by atoms with E-state index in [4.69, 9.17) is 9.47 Å². The van der Waals surface area contributed by atoms with Crippen LogP contribution in [-0.2, 0) is 0 Å². The number of hydrogen-bond donors (Lipinski definition) is 1. The van der Waals surface area contributed by atoms with E-state index in [0.717, 1.165) is 18.4 Å². The molecule has 134 valence electrons. The number of methoxy groups -OCH3 is 2. The summed E-state index contributed by atoms with van der Waals surface area (Å²) in [6, 6.07) is 5.06. The van der Waals surface area contributed by atoms with E-state index in [2.05, 4.69) is 5.32 Å². The number of carbonyl (C=O) groups excluding carboxylic acids is 1. The van der Waals surface area contributed by atoms with Crippen LogP contribution in [0.3, 0.4) is 0 Å². The number of nitrogens with one attached hydrogen (secondary N) is 1. The summed E-state index contributed by atoms with van der Waals surface area (Å²) >= 11 is 0. The number of amides is 1. The van der Waals surface area contributed by atoms with Crippen LogP contribution < -0.4 is 14.8 Å². The van der Waals surface area contributed by atoms with Gasteiger partial charge in [0, 0.05) is 36.3 Å². The molecule has 1 aromatic rings. The Labute approximate surface area is 150 Å². The van der Waals surface area contributed by atoms with E-state index in [9.17, 15) is 4.79 Å². The Bertz CT molecular complexity index is 571. The van der Waals surface area contributed by atoms with Crippen LogP contribution in [0.15, 0.2) is 12.1 Å². The highest BCUT2D eigenvalue weighted by Crippen LogP contribution is 2.32. The molecule has 1 amide bonds. The van der Waals surface area contributed by atoms with Gasteiger partial charge in [0.1, 0.15) is 11.5 Å². The first-order valence-corrected chi connectivity index (χ1v) is 8.29. The van der Waals surface area contributed by atoms with Crippen molar-refractivity contribution in [2.24, 2.45) is 0 Å². The average molecular weight is 355 g/mol. The van der Waals surface area contributed by atoms with Crippen molar-refractivity contribution in [2.75, 3.05) is 21.3 Å². The normalized spacial score (nSPS) is 24.9. The highest BCUT2D eigenvalue weighted by Gasteiger charge is 2.36. The molecule has 2 saturated heterocycles. The molecule has 2 bridgehead atoms. The summed E-state index contributed by atoms with van der Waals surface area (Å²) in [6.07, 6.45) is 4.54. The van der Waals surface area contributed by atoms with Gasteiger partial charge in [0.2, 0.25) is 0 Å². The highest BCUT2D eigenvalue weighted by molar-refractivity contribution is 5.95. The molecule has 6 heteroatoms. The van der Waals surface area contributed by atoms with Crippen LogP contribution >= 0.6 is 12.4 Å². The van der Waals surface area contributed by atoms with Gasteiger partial charge in [-0.05, 0) is 44.7 Å². The second kappa shape index (κ2) is 7.62. The first kappa shape index (κ1) is 18.9. The quantitative estimate of drug-likeness (QED) is 0.903. The number of ether oxygens (including phenoxy) is 2. The lowest BCUT2D eigenvalue weighted by Gasteiger charge is -2.35. The molecule has 2 aliphatic rings. The number of rotatable bonds is 4. The summed E-state index contributed by atoms with van der Waals surface area (Å²) in [6.45, 7) is 1.93. The first-order chi connectivity index (χ1) is 11.0. The summed E-state index contributed by atoms with van der Waals surface area (Å²) in [5.41, 5.74) is 1.53. The van der Waals surface area contributed by atoms with Gasteiger partial charge < -0.3 is 19.7 Å². The van der Waals surface area contributed by atoms with E-state index in [-0.39, 0.29) is 18.3 Å². The van der Waals surface area contributed by atoms with Crippen molar-refractivity contribution in [3.05, 3.63) is 23.3 Å². The second-order valence-corrected chi connectivity index (χ2v) is 6.68. The number of hydrogen-bond acceptors (Lipinski definition) is 4. The van der Waals surface area contributed by atoms with E-state index < -0.39 is 0 Å². The molecule has 0 spiro atoms. The smallest absolute Gasteiger partial charge is 0.254 e. The van der Waals surface area contributed by atoms with Gasteiger partial charge in [-0.1, -0.05) is 0 Å². The number of fused-ring (bicyclic) bond motifs is 2. The van der Waals surface area contributed by atoms with Crippen LogP contribution in [0, 0.1) is 6.92 Å². The molecule has 1 N–H and O–H groups in total. The monoisotopic (exact) mass is 354 g/mol. The Hall–Kier alpha value is -1.46. The molecule has 2 fully saturated rings. The Kier molecular flexibility index (Phi) is 5.99. The largest absolute Gasteiger partial charge is 0.496 e. The summed E-state index contributed by atoms with van der Waals surface area (Å²) in [5, 5.41) is 3.62. The van der Waals surface area contributed by atoms with Crippen molar-refractivity contribution >= 4 is 18.3 Å². The molecular weight excluding hydrogens is 328 g/mol. The molecule has 3 rings (SSSR count). The minimum Gasteiger partial charge on any atom is -0.496 e. The fraction of sp³-hybridized carbons (Fsp3) is 0.611. The highest BCUT2D eigenvalue weighted by atomic mass is 35.5. The minimum absolute atomic E-state index is 0. The average Bonchev–Trinajstić information content (AvgIpc) is 2.91. The molecule has 2 aliphatic heterocycles. The fourth-order valence-electron chi connectivity index (χ4n) is 3.92. The third-order valence-corrected chi connectivity index (χ3v) is 5.32. The maximum Gasteiger partial charge on any atom is 0.254 e. The summed E-state index contributed by atoms with van der Waals surface area (Å²) in [7, 11) is 5.14. The van der Waals surface area contributed by atoms with Gasteiger partial charge in [-0.2, -0.15) is 0 Å². The van der Waals surface area contributed by atoms with Crippen molar-refractivity contribution < 1.29 is 14.3 Å². The number of halogens is 1. The van der Waals surface area contributed by atoms with Crippen molar-refractivity contribution in [1.82, 2.24) is 10.2 Å². The third kappa shape index (κ3) is 3.47. The van der Waals surface area contributed by atoms with E-state index in [1.165, 1.54) is 12.8 Å². The van der Waals surface area contributed by atoms with Crippen LogP contribution in [0.25, 0.3) is 0 Å². The van der Waals surface area contributed by atoms with Gasteiger partial charge >= 0.3 is 0 Å². The van der Waals surface area contributed by atoms with E-state index in [1.54, 1.807) is 14.2 Å².